The summed E-state index contributed by atoms with van der Waals surface area (Å²) in [6, 6.07) is 5.35. The van der Waals surface area contributed by atoms with Gasteiger partial charge in [0.25, 0.3) is 11.1 Å². The lowest BCUT2D eigenvalue weighted by Gasteiger charge is -2.43. The molecule has 1 aromatic heterocycles. The zero-order valence-corrected chi connectivity index (χ0v) is 24.1. The van der Waals surface area contributed by atoms with Crippen molar-refractivity contribution in [2.75, 3.05) is 13.1 Å². The minimum atomic E-state index is -5.01. The Bertz CT molecular complexity index is 1610. The summed E-state index contributed by atoms with van der Waals surface area (Å²) in [5, 5.41) is 4.05. The number of imide groups is 1. The Labute approximate surface area is 246 Å². The fraction of sp³-hybridized carbons (Fsp3) is 0.414. The molecule has 2 saturated heterocycles. The first-order valence-electron chi connectivity index (χ1n) is 13.3. The van der Waals surface area contributed by atoms with Crippen molar-refractivity contribution in [3.05, 3.63) is 69.8 Å². The standard InChI is InChI=1S/C29H27F7N4O2S/c1-27(2,3)38-9-8-23(21(30)15-38)40-25(41)24(43-26(40)42)11-16-4-7-22-18(10-16)13-37-39(22)14-17-5-6-19(28(31,32)33)12-20(17)29(34,35)36/h4-7,10-13,21,23H,8-9,14-15H2,1-3H3/b24-11-/t21-,23-/m1/s1. The molecule has 6 nitrogen and oxygen atoms in total. The minimum absolute atomic E-state index is 0.0885. The zero-order valence-electron chi connectivity index (χ0n) is 23.3. The topological polar surface area (TPSA) is 58.4 Å². The summed E-state index contributed by atoms with van der Waals surface area (Å²) in [5.41, 5.74) is -2.54. The molecular weight excluding hydrogens is 601 g/mol. The summed E-state index contributed by atoms with van der Waals surface area (Å²) in [7, 11) is 0. The van der Waals surface area contributed by atoms with E-state index < -0.39 is 53.4 Å². The number of benzene rings is 2. The highest BCUT2D eigenvalue weighted by Crippen LogP contribution is 2.39. The monoisotopic (exact) mass is 628 g/mol. The van der Waals surface area contributed by atoms with Gasteiger partial charge in [-0.25, -0.2) is 4.39 Å². The summed E-state index contributed by atoms with van der Waals surface area (Å²) in [4.78, 5) is 29.0. The molecule has 2 amide bonds. The Hall–Kier alpha value is -3.39. The number of piperidine rings is 1. The second kappa shape index (κ2) is 11.0. The van der Waals surface area contributed by atoms with Crippen LogP contribution >= 0.6 is 11.8 Å². The first-order chi connectivity index (χ1) is 19.9. The summed E-state index contributed by atoms with van der Waals surface area (Å²) in [6.07, 6.45) is -8.17. The number of likely N-dealkylation sites (tertiary alicyclic amines) is 1. The lowest BCUT2D eigenvalue weighted by molar-refractivity contribution is -0.143. The quantitative estimate of drug-likeness (QED) is 0.223. The predicted molar refractivity (Wildman–Crippen MR) is 148 cm³/mol. The molecule has 2 aliphatic heterocycles. The predicted octanol–water partition coefficient (Wildman–Crippen LogP) is 7.37. The zero-order chi connectivity index (χ0) is 31.5. The Morgan fingerprint density at radius 2 is 1.72 bits per heavy atom. The minimum Gasteiger partial charge on any atom is -0.295 e. The largest absolute Gasteiger partial charge is 0.416 e. The van der Waals surface area contributed by atoms with Crippen LogP contribution in [-0.4, -0.2) is 61.6 Å². The molecule has 3 heterocycles. The van der Waals surface area contributed by atoms with Crippen LogP contribution in [0.5, 0.6) is 0 Å². The van der Waals surface area contributed by atoms with Crippen LogP contribution in [0.3, 0.4) is 0 Å². The van der Waals surface area contributed by atoms with Gasteiger partial charge >= 0.3 is 12.4 Å². The van der Waals surface area contributed by atoms with Crippen LogP contribution in [0, 0.1) is 0 Å². The van der Waals surface area contributed by atoms with Gasteiger partial charge in [-0.1, -0.05) is 12.1 Å². The van der Waals surface area contributed by atoms with Crippen LogP contribution in [0.15, 0.2) is 47.5 Å². The van der Waals surface area contributed by atoms with Crippen LogP contribution in [0.25, 0.3) is 17.0 Å². The molecule has 2 atom stereocenters. The second-order valence-electron chi connectivity index (χ2n) is 11.5. The maximum atomic E-state index is 15.1. The van der Waals surface area contributed by atoms with E-state index in [1.807, 2.05) is 25.7 Å². The highest BCUT2D eigenvalue weighted by Gasteiger charge is 2.46. The van der Waals surface area contributed by atoms with Crippen molar-refractivity contribution in [2.24, 2.45) is 0 Å². The van der Waals surface area contributed by atoms with E-state index in [0.29, 0.717) is 47.3 Å². The van der Waals surface area contributed by atoms with Gasteiger partial charge in [0.05, 0.1) is 40.3 Å². The molecule has 14 heteroatoms. The Balaban J connectivity index is 1.36. The van der Waals surface area contributed by atoms with Crippen molar-refractivity contribution in [3.8, 4) is 0 Å². The highest BCUT2D eigenvalue weighted by atomic mass is 32.2. The normalized spacial score (nSPS) is 21.9. The van der Waals surface area contributed by atoms with Crippen molar-refractivity contribution >= 4 is 39.9 Å². The van der Waals surface area contributed by atoms with E-state index >= 15 is 4.39 Å². The van der Waals surface area contributed by atoms with E-state index in [2.05, 4.69) is 5.10 Å². The number of halogens is 7. The molecule has 2 aliphatic rings. The molecule has 0 aliphatic carbocycles. The maximum Gasteiger partial charge on any atom is 0.416 e. The number of aromatic nitrogens is 2. The number of amides is 2. The van der Waals surface area contributed by atoms with Crippen LogP contribution in [0.2, 0.25) is 0 Å². The van der Waals surface area contributed by atoms with Gasteiger partial charge in [-0.05, 0) is 80.4 Å². The second-order valence-corrected chi connectivity index (χ2v) is 12.5. The maximum absolute atomic E-state index is 15.1. The third kappa shape index (κ3) is 6.30. The number of carbonyl (C=O) groups is 2. The Morgan fingerprint density at radius 1 is 1.00 bits per heavy atom. The molecule has 0 radical (unpaired) electrons. The first kappa shape index (κ1) is 31.0. The molecular formula is C29H27F7N4O2S. The number of alkyl halides is 7. The summed E-state index contributed by atoms with van der Waals surface area (Å²) in [6.45, 7) is 6.11. The lowest BCUT2D eigenvalue weighted by Crippen LogP contribution is -2.57. The van der Waals surface area contributed by atoms with Gasteiger partial charge in [-0.2, -0.15) is 31.4 Å². The highest BCUT2D eigenvalue weighted by molar-refractivity contribution is 8.18. The van der Waals surface area contributed by atoms with Crippen molar-refractivity contribution in [1.82, 2.24) is 19.6 Å². The van der Waals surface area contributed by atoms with Gasteiger partial charge in [-0.15, -0.1) is 0 Å². The molecule has 5 rings (SSSR count). The number of fused-ring (bicyclic) bond motifs is 1. The molecule has 0 unspecified atom stereocenters. The third-order valence-electron chi connectivity index (χ3n) is 7.64. The Morgan fingerprint density at radius 3 is 2.35 bits per heavy atom. The van der Waals surface area contributed by atoms with E-state index in [-0.39, 0.29) is 28.6 Å². The lowest BCUT2D eigenvalue weighted by atomic mass is 9.96. The fourth-order valence-electron chi connectivity index (χ4n) is 5.35. The van der Waals surface area contributed by atoms with Crippen LogP contribution in [0.4, 0.5) is 35.5 Å². The molecule has 0 spiro atoms. The van der Waals surface area contributed by atoms with E-state index in [9.17, 15) is 35.9 Å². The molecule has 0 N–H and O–H groups in total. The van der Waals surface area contributed by atoms with Crippen LogP contribution in [-0.2, 0) is 23.7 Å². The molecule has 43 heavy (non-hydrogen) atoms. The number of rotatable bonds is 4. The van der Waals surface area contributed by atoms with Crippen LogP contribution < -0.4 is 0 Å². The number of nitrogens with zero attached hydrogens (tertiary/aromatic N) is 4. The smallest absolute Gasteiger partial charge is 0.295 e. The molecule has 0 bridgehead atoms. The third-order valence-corrected chi connectivity index (χ3v) is 8.52. The summed E-state index contributed by atoms with van der Waals surface area (Å²) >= 11 is 0.709. The molecule has 2 fully saturated rings. The molecule has 2 aromatic carbocycles. The van der Waals surface area contributed by atoms with E-state index in [0.717, 1.165) is 11.0 Å². The fourth-order valence-corrected chi connectivity index (χ4v) is 6.23. The van der Waals surface area contributed by atoms with Crippen LogP contribution in [0.1, 0.15) is 49.4 Å². The van der Waals surface area contributed by atoms with Gasteiger partial charge in [0, 0.05) is 24.0 Å². The van der Waals surface area contributed by atoms with Crippen molar-refractivity contribution in [2.45, 2.75) is 63.8 Å². The SMILES string of the molecule is CC(C)(C)N1CC[C@@H](N2C(=O)S/C(=C\c3ccc4c(cnn4Cc4ccc(C(F)(F)F)cc4C(F)(F)F)c3)C2=O)[C@H](F)C1. The van der Waals surface area contributed by atoms with Crippen molar-refractivity contribution < 1.29 is 40.3 Å². The molecule has 230 valence electrons. The number of hydrogen-bond acceptors (Lipinski definition) is 5. The number of carbonyl (C=O) groups excluding carboxylic acids is 2. The number of hydrogen-bond donors (Lipinski definition) is 0. The summed E-state index contributed by atoms with van der Waals surface area (Å²) in [5.74, 6) is -0.593. The molecule has 3 aromatic rings. The number of thioether (sulfide) groups is 1. The van der Waals surface area contributed by atoms with E-state index in [4.69, 9.17) is 0 Å². The van der Waals surface area contributed by atoms with Gasteiger partial charge in [0.1, 0.15) is 6.17 Å². The van der Waals surface area contributed by atoms with Gasteiger partial charge < -0.3 is 0 Å². The Kier molecular flexibility index (Phi) is 7.91. The summed E-state index contributed by atoms with van der Waals surface area (Å²) < 4.78 is 96.3. The van der Waals surface area contributed by atoms with Gasteiger partial charge in [0.2, 0.25) is 0 Å². The van der Waals surface area contributed by atoms with Gasteiger partial charge in [-0.3, -0.25) is 24.1 Å². The average molecular weight is 629 g/mol. The van der Waals surface area contributed by atoms with Crippen molar-refractivity contribution in [3.63, 3.8) is 0 Å². The molecule has 0 saturated carbocycles. The van der Waals surface area contributed by atoms with Crippen molar-refractivity contribution in [1.29, 1.82) is 0 Å². The van der Waals surface area contributed by atoms with Gasteiger partial charge in [0.15, 0.2) is 0 Å². The first-order valence-corrected chi connectivity index (χ1v) is 14.1. The average Bonchev–Trinajstić information content (AvgIpc) is 3.41. The van der Waals surface area contributed by atoms with E-state index in [1.54, 1.807) is 18.2 Å². The van der Waals surface area contributed by atoms with E-state index in [1.165, 1.54) is 17.0 Å².